The van der Waals surface area contributed by atoms with Crippen LogP contribution in [0.2, 0.25) is 5.02 Å². The van der Waals surface area contributed by atoms with Crippen LogP contribution in [0.4, 0.5) is 0 Å². The van der Waals surface area contributed by atoms with E-state index in [0.717, 1.165) is 66.6 Å². The molecule has 3 heteroatoms. The predicted octanol–water partition coefficient (Wildman–Crippen LogP) is 12.4. The summed E-state index contributed by atoms with van der Waals surface area (Å²) in [5.74, 6) is 0. The van der Waals surface area contributed by atoms with Gasteiger partial charge in [0.2, 0.25) is 0 Å². The van der Waals surface area contributed by atoms with Crippen molar-refractivity contribution in [1.82, 2.24) is 9.97 Å². The van der Waals surface area contributed by atoms with Gasteiger partial charge < -0.3 is 0 Å². The molecular formula is C44H27ClN2. The van der Waals surface area contributed by atoms with Gasteiger partial charge in [0.1, 0.15) is 0 Å². The molecule has 0 aliphatic heterocycles. The minimum Gasteiger partial charge on any atom is -0.245 e. The van der Waals surface area contributed by atoms with E-state index < -0.39 is 0 Å². The molecule has 0 amide bonds. The van der Waals surface area contributed by atoms with Gasteiger partial charge in [-0.15, -0.1) is 0 Å². The van der Waals surface area contributed by atoms with E-state index in [-0.39, 0.29) is 0 Å². The number of aromatic nitrogens is 2. The summed E-state index contributed by atoms with van der Waals surface area (Å²) in [6, 6.07) is 57.3. The highest BCUT2D eigenvalue weighted by Crippen LogP contribution is 2.43. The van der Waals surface area contributed by atoms with Crippen LogP contribution in [0.1, 0.15) is 0 Å². The molecule has 0 radical (unpaired) electrons. The standard InChI is InChI=1S/C44H27ClN2/c45-39-25-38-36(30-13-3-1-4-14-30)26-40(34-21-19-28-11-7-9-17-32(28)23-34)46-43(38)44-42(39)37(31-15-5-2-6-16-31)27-41(47-44)35-22-20-29-12-8-10-18-33(29)24-35/h1-27H. The van der Waals surface area contributed by atoms with E-state index in [1.165, 1.54) is 21.5 Å². The molecule has 0 fully saturated rings. The number of hydrogen-bond donors (Lipinski definition) is 0. The molecule has 47 heavy (non-hydrogen) atoms. The van der Waals surface area contributed by atoms with Crippen LogP contribution in [-0.2, 0) is 0 Å². The molecule has 0 unspecified atom stereocenters. The van der Waals surface area contributed by atoms with Crippen molar-refractivity contribution in [3.8, 4) is 44.8 Å². The van der Waals surface area contributed by atoms with E-state index in [1.54, 1.807) is 0 Å². The lowest BCUT2D eigenvalue weighted by Crippen LogP contribution is -1.96. The fourth-order valence-corrected chi connectivity index (χ4v) is 7.03. The van der Waals surface area contributed by atoms with Gasteiger partial charge in [-0.05, 0) is 74.1 Å². The summed E-state index contributed by atoms with van der Waals surface area (Å²) in [4.78, 5) is 10.8. The fraction of sp³-hybridized carbons (Fsp3) is 0. The highest BCUT2D eigenvalue weighted by Gasteiger charge is 2.20. The molecule has 2 heterocycles. The molecule has 0 bridgehead atoms. The second kappa shape index (κ2) is 11.2. The second-order valence-electron chi connectivity index (χ2n) is 11.9. The Labute approximate surface area is 277 Å². The van der Waals surface area contributed by atoms with E-state index in [1.807, 2.05) is 12.1 Å². The Morgan fingerprint density at radius 1 is 0.362 bits per heavy atom. The number of halogens is 1. The lowest BCUT2D eigenvalue weighted by Gasteiger charge is -2.17. The first-order chi connectivity index (χ1) is 23.2. The Balaban J connectivity index is 1.40. The molecule has 9 rings (SSSR count). The highest BCUT2D eigenvalue weighted by atomic mass is 35.5. The van der Waals surface area contributed by atoms with Crippen LogP contribution in [0.25, 0.3) is 88.1 Å². The van der Waals surface area contributed by atoms with Gasteiger partial charge >= 0.3 is 0 Å². The summed E-state index contributed by atoms with van der Waals surface area (Å²) in [5.41, 5.74) is 9.78. The molecule has 9 aromatic rings. The fourth-order valence-electron chi connectivity index (χ4n) is 6.73. The predicted molar refractivity (Wildman–Crippen MR) is 199 cm³/mol. The van der Waals surface area contributed by atoms with Crippen LogP contribution in [0.3, 0.4) is 0 Å². The average molecular weight is 619 g/mol. The molecule has 0 atom stereocenters. The van der Waals surface area contributed by atoms with Crippen molar-refractivity contribution in [2.24, 2.45) is 0 Å². The maximum atomic E-state index is 7.28. The number of hydrogen-bond acceptors (Lipinski definition) is 2. The molecule has 7 aromatic carbocycles. The maximum absolute atomic E-state index is 7.28. The van der Waals surface area contributed by atoms with Crippen LogP contribution >= 0.6 is 11.6 Å². The maximum Gasteiger partial charge on any atom is 0.0993 e. The Kier molecular flexibility index (Phi) is 6.55. The smallest absolute Gasteiger partial charge is 0.0993 e. The van der Waals surface area contributed by atoms with Gasteiger partial charge in [0.15, 0.2) is 0 Å². The normalized spacial score (nSPS) is 11.5. The van der Waals surface area contributed by atoms with Gasteiger partial charge in [0.25, 0.3) is 0 Å². The van der Waals surface area contributed by atoms with Gasteiger partial charge in [0.05, 0.1) is 27.4 Å². The van der Waals surface area contributed by atoms with Crippen LogP contribution in [0.5, 0.6) is 0 Å². The topological polar surface area (TPSA) is 25.8 Å². The Bertz CT molecular complexity index is 2630. The SMILES string of the molecule is Clc1cc2c(-c3ccccc3)cc(-c3ccc4ccccc4c3)nc2c2nc(-c3ccc4ccccc4c3)cc(-c3ccccc3)c12. The molecule has 0 spiro atoms. The number of pyridine rings is 2. The molecule has 220 valence electrons. The first-order valence-corrected chi connectivity index (χ1v) is 16.1. The van der Waals surface area contributed by atoms with Gasteiger partial charge in [0, 0.05) is 21.9 Å². The zero-order valence-electron chi connectivity index (χ0n) is 25.4. The summed E-state index contributed by atoms with van der Waals surface area (Å²) in [6.07, 6.45) is 0. The number of rotatable bonds is 4. The quantitative estimate of drug-likeness (QED) is 0.183. The monoisotopic (exact) mass is 618 g/mol. The summed E-state index contributed by atoms with van der Waals surface area (Å²) in [5, 5.41) is 7.28. The van der Waals surface area contributed by atoms with Crippen molar-refractivity contribution in [2.45, 2.75) is 0 Å². The van der Waals surface area contributed by atoms with Gasteiger partial charge in [-0.25, -0.2) is 9.97 Å². The van der Waals surface area contributed by atoms with Crippen molar-refractivity contribution in [2.75, 3.05) is 0 Å². The van der Waals surface area contributed by atoms with Crippen molar-refractivity contribution in [3.63, 3.8) is 0 Å². The highest BCUT2D eigenvalue weighted by molar-refractivity contribution is 6.39. The minimum absolute atomic E-state index is 0.654. The van der Waals surface area contributed by atoms with Gasteiger partial charge in [-0.3, -0.25) is 0 Å². The molecule has 0 saturated carbocycles. The Morgan fingerprint density at radius 2 is 0.830 bits per heavy atom. The van der Waals surface area contributed by atoms with Crippen LogP contribution < -0.4 is 0 Å². The molecule has 0 aliphatic carbocycles. The molecular weight excluding hydrogens is 592 g/mol. The van der Waals surface area contributed by atoms with Crippen molar-refractivity contribution in [1.29, 1.82) is 0 Å². The summed E-state index contributed by atoms with van der Waals surface area (Å²) in [7, 11) is 0. The molecule has 0 N–H and O–H groups in total. The number of fused-ring (bicyclic) bond motifs is 5. The van der Waals surface area contributed by atoms with Gasteiger partial charge in [-0.2, -0.15) is 0 Å². The van der Waals surface area contributed by atoms with Crippen molar-refractivity contribution >= 4 is 55.0 Å². The van der Waals surface area contributed by atoms with E-state index in [2.05, 4.69) is 152 Å². The first kappa shape index (κ1) is 27.5. The molecule has 0 saturated heterocycles. The van der Waals surface area contributed by atoms with Crippen LogP contribution in [-0.4, -0.2) is 9.97 Å². The Morgan fingerprint density at radius 3 is 1.40 bits per heavy atom. The van der Waals surface area contributed by atoms with Gasteiger partial charge in [-0.1, -0.05) is 145 Å². The number of benzene rings is 7. The molecule has 2 aromatic heterocycles. The van der Waals surface area contributed by atoms with E-state index in [0.29, 0.717) is 5.02 Å². The summed E-state index contributed by atoms with van der Waals surface area (Å²) in [6.45, 7) is 0. The zero-order chi connectivity index (χ0) is 31.3. The van der Waals surface area contributed by atoms with Crippen LogP contribution in [0.15, 0.2) is 164 Å². The minimum atomic E-state index is 0.654. The van der Waals surface area contributed by atoms with Crippen molar-refractivity contribution in [3.05, 3.63) is 169 Å². The first-order valence-electron chi connectivity index (χ1n) is 15.8. The van der Waals surface area contributed by atoms with E-state index in [4.69, 9.17) is 21.6 Å². The third kappa shape index (κ3) is 4.82. The number of nitrogens with zero attached hydrogens (tertiary/aromatic N) is 2. The van der Waals surface area contributed by atoms with E-state index in [9.17, 15) is 0 Å². The second-order valence-corrected chi connectivity index (χ2v) is 12.4. The third-order valence-electron chi connectivity index (χ3n) is 9.07. The van der Waals surface area contributed by atoms with Crippen LogP contribution in [0, 0.1) is 0 Å². The van der Waals surface area contributed by atoms with Crippen molar-refractivity contribution < 1.29 is 0 Å². The lowest BCUT2D eigenvalue weighted by atomic mass is 9.93. The lowest BCUT2D eigenvalue weighted by molar-refractivity contribution is 1.37. The summed E-state index contributed by atoms with van der Waals surface area (Å²) >= 11 is 7.28. The largest absolute Gasteiger partial charge is 0.245 e. The van der Waals surface area contributed by atoms with E-state index >= 15 is 0 Å². The summed E-state index contributed by atoms with van der Waals surface area (Å²) < 4.78 is 0. The Hall–Kier alpha value is -5.83. The molecule has 2 nitrogen and oxygen atoms in total. The third-order valence-corrected chi connectivity index (χ3v) is 9.37. The zero-order valence-corrected chi connectivity index (χ0v) is 26.1. The average Bonchev–Trinajstić information content (AvgIpc) is 3.14. The molecule has 0 aliphatic rings.